The molecule has 3 N–H and O–H groups in total. The monoisotopic (exact) mass is 1070 g/mol. The summed E-state index contributed by atoms with van der Waals surface area (Å²) in [4.78, 5) is 24.5. The zero-order valence-corrected chi connectivity index (χ0v) is 51.5. The summed E-state index contributed by atoms with van der Waals surface area (Å²) in [6.07, 6.45) is 82.5. The van der Waals surface area contributed by atoms with Crippen LogP contribution in [0.2, 0.25) is 0 Å². The first-order chi connectivity index (χ1) is 37.5. The van der Waals surface area contributed by atoms with Crippen LogP contribution >= 0.6 is 0 Å². The topological polar surface area (TPSA) is 95.9 Å². The van der Waals surface area contributed by atoms with Crippen molar-refractivity contribution >= 4 is 11.9 Å². The van der Waals surface area contributed by atoms with E-state index in [0.717, 1.165) is 44.9 Å². The third kappa shape index (κ3) is 61.6. The van der Waals surface area contributed by atoms with Crippen LogP contribution in [0.3, 0.4) is 0 Å². The van der Waals surface area contributed by atoms with Crippen molar-refractivity contribution in [2.24, 2.45) is 0 Å². The highest BCUT2D eigenvalue weighted by Gasteiger charge is 2.20. The van der Waals surface area contributed by atoms with Crippen LogP contribution in [0.5, 0.6) is 0 Å². The summed E-state index contributed by atoms with van der Waals surface area (Å²) >= 11 is 0. The standard InChI is InChI=1S/C70H135NO5/c1-3-5-7-9-11-13-14-15-37-41-44-48-52-56-60-64-70(75)76-65-61-57-53-49-45-42-39-36-34-32-30-28-26-24-22-20-18-16-17-19-21-23-25-27-29-31-33-35-38-40-43-47-51-55-59-63-69(74)71-67(66-72)68(73)62-58-54-50-46-12-10-8-6-4-2/h18,20,24,26,67-68,72-73H,3-17,19,21-23,25,27-66H2,1-2H3,(H,71,74)/b20-18-,26-24-. The molecular weight excluding hydrogens is 935 g/mol. The molecule has 76 heavy (non-hydrogen) atoms. The van der Waals surface area contributed by atoms with Gasteiger partial charge in [0, 0.05) is 12.8 Å². The normalized spacial score (nSPS) is 12.6. The largest absolute Gasteiger partial charge is 0.466 e. The molecule has 0 spiro atoms. The van der Waals surface area contributed by atoms with E-state index in [0.29, 0.717) is 25.9 Å². The number of carbonyl (C=O) groups is 2. The fourth-order valence-corrected chi connectivity index (χ4v) is 11.0. The number of esters is 1. The summed E-state index contributed by atoms with van der Waals surface area (Å²) in [6, 6.07) is -0.537. The van der Waals surface area contributed by atoms with Gasteiger partial charge in [0.05, 0.1) is 25.4 Å². The van der Waals surface area contributed by atoms with Gasteiger partial charge in [0.2, 0.25) is 5.91 Å². The van der Waals surface area contributed by atoms with Gasteiger partial charge in [-0.05, 0) is 57.8 Å². The van der Waals surface area contributed by atoms with E-state index in [4.69, 9.17) is 4.74 Å². The van der Waals surface area contributed by atoms with E-state index in [1.54, 1.807) is 0 Å². The van der Waals surface area contributed by atoms with Crippen molar-refractivity contribution in [3.8, 4) is 0 Å². The Bertz CT molecular complexity index is 1190. The Morgan fingerprint density at radius 3 is 1.00 bits per heavy atom. The van der Waals surface area contributed by atoms with E-state index in [2.05, 4.69) is 43.5 Å². The molecule has 450 valence electrons. The molecular formula is C70H135NO5. The van der Waals surface area contributed by atoms with Gasteiger partial charge < -0.3 is 20.3 Å². The second-order valence-corrected chi connectivity index (χ2v) is 23.9. The molecule has 0 bridgehead atoms. The quantitative estimate of drug-likeness (QED) is 0.0320. The number of hydrogen-bond acceptors (Lipinski definition) is 5. The second kappa shape index (κ2) is 65.9. The Kier molecular flexibility index (Phi) is 64.4. The lowest BCUT2D eigenvalue weighted by atomic mass is 10.0. The minimum Gasteiger partial charge on any atom is -0.466 e. The van der Waals surface area contributed by atoms with Gasteiger partial charge in [-0.15, -0.1) is 0 Å². The summed E-state index contributed by atoms with van der Waals surface area (Å²) in [6.45, 7) is 4.96. The first kappa shape index (κ1) is 74.3. The molecule has 0 aromatic rings. The van der Waals surface area contributed by atoms with Gasteiger partial charge in [0.15, 0.2) is 0 Å². The van der Waals surface area contributed by atoms with Crippen molar-refractivity contribution in [3.63, 3.8) is 0 Å². The van der Waals surface area contributed by atoms with Crippen LogP contribution in [-0.2, 0) is 14.3 Å². The second-order valence-electron chi connectivity index (χ2n) is 23.9. The lowest BCUT2D eigenvalue weighted by molar-refractivity contribution is -0.143. The molecule has 0 aromatic carbocycles. The Labute approximate surface area is 475 Å². The minimum atomic E-state index is -0.660. The number of carbonyl (C=O) groups excluding carboxylic acids is 2. The van der Waals surface area contributed by atoms with Crippen LogP contribution in [0.1, 0.15) is 386 Å². The van der Waals surface area contributed by atoms with Gasteiger partial charge in [-0.1, -0.05) is 340 Å². The molecule has 0 saturated carbocycles. The lowest BCUT2D eigenvalue weighted by Crippen LogP contribution is -2.45. The van der Waals surface area contributed by atoms with E-state index in [-0.39, 0.29) is 18.5 Å². The number of aliphatic hydroxyl groups excluding tert-OH is 2. The number of hydrogen-bond donors (Lipinski definition) is 3. The molecule has 2 atom stereocenters. The predicted molar refractivity (Wildman–Crippen MR) is 333 cm³/mol. The summed E-state index contributed by atoms with van der Waals surface area (Å²) in [5.41, 5.74) is 0. The van der Waals surface area contributed by atoms with E-state index in [9.17, 15) is 19.8 Å². The molecule has 0 radical (unpaired) electrons. The summed E-state index contributed by atoms with van der Waals surface area (Å²) in [5, 5.41) is 23.1. The van der Waals surface area contributed by atoms with Crippen molar-refractivity contribution in [1.82, 2.24) is 5.32 Å². The van der Waals surface area contributed by atoms with E-state index in [1.807, 2.05) is 0 Å². The third-order valence-electron chi connectivity index (χ3n) is 16.3. The van der Waals surface area contributed by atoms with E-state index >= 15 is 0 Å². The fraction of sp³-hybridized carbons (Fsp3) is 0.914. The van der Waals surface area contributed by atoms with Crippen LogP contribution in [-0.4, -0.2) is 47.4 Å². The molecule has 0 rings (SSSR count). The number of nitrogens with one attached hydrogen (secondary N) is 1. The van der Waals surface area contributed by atoms with Crippen molar-refractivity contribution in [2.75, 3.05) is 13.2 Å². The number of aliphatic hydroxyl groups is 2. The van der Waals surface area contributed by atoms with Crippen LogP contribution in [0.4, 0.5) is 0 Å². The van der Waals surface area contributed by atoms with E-state index in [1.165, 1.54) is 308 Å². The summed E-state index contributed by atoms with van der Waals surface area (Å²) < 4.78 is 5.50. The first-order valence-electron chi connectivity index (χ1n) is 34.6. The van der Waals surface area contributed by atoms with Crippen molar-refractivity contribution in [1.29, 1.82) is 0 Å². The maximum atomic E-state index is 12.4. The molecule has 1 amide bonds. The van der Waals surface area contributed by atoms with Crippen LogP contribution < -0.4 is 5.32 Å². The summed E-state index contributed by atoms with van der Waals surface area (Å²) in [5.74, 6) is -0.0133. The van der Waals surface area contributed by atoms with Gasteiger partial charge in [0.1, 0.15) is 0 Å². The van der Waals surface area contributed by atoms with Crippen molar-refractivity contribution in [3.05, 3.63) is 24.3 Å². The Morgan fingerprint density at radius 1 is 0.368 bits per heavy atom. The van der Waals surface area contributed by atoms with Gasteiger partial charge in [-0.3, -0.25) is 9.59 Å². The van der Waals surface area contributed by atoms with Gasteiger partial charge in [-0.25, -0.2) is 0 Å². The number of amides is 1. The Morgan fingerprint density at radius 2 is 0.658 bits per heavy atom. The number of ether oxygens (including phenoxy) is 1. The first-order valence-corrected chi connectivity index (χ1v) is 34.6. The van der Waals surface area contributed by atoms with Gasteiger partial charge >= 0.3 is 5.97 Å². The number of rotatable bonds is 65. The fourth-order valence-electron chi connectivity index (χ4n) is 11.0. The molecule has 0 saturated heterocycles. The molecule has 0 fully saturated rings. The lowest BCUT2D eigenvalue weighted by Gasteiger charge is -2.22. The SMILES string of the molecule is CCCCCCCCCCCCCCCCCC(=O)OCCCCCCCCCCCCC/C=C\C/C=C\CCCCCCCCCCCCCCCCCCCC(=O)NC(CO)C(O)CCCCCCCCCCC. The molecule has 2 unspecified atom stereocenters. The molecule has 6 heteroatoms. The molecule has 0 aliphatic heterocycles. The van der Waals surface area contributed by atoms with Gasteiger partial charge in [0.25, 0.3) is 0 Å². The molecule has 0 aliphatic carbocycles. The molecule has 0 heterocycles. The average Bonchev–Trinajstić information content (AvgIpc) is 3.42. The van der Waals surface area contributed by atoms with E-state index < -0.39 is 12.1 Å². The average molecular weight is 1070 g/mol. The maximum absolute atomic E-state index is 12.4. The van der Waals surface area contributed by atoms with Crippen LogP contribution in [0, 0.1) is 0 Å². The maximum Gasteiger partial charge on any atom is 0.305 e. The van der Waals surface area contributed by atoms with Crippen molar-refractivity contribution < 1.29 is 24.5 Å². The van der Waals surface area contributed by atoms with Crippen LogP contribution in [0.15, 0.2) is 24.3 Å². The zero-order valence-electron chi connectivity index (χ0n) is 51.5. The highest BCUT2D eigenvalue weighted by molar-refractivity contribution is 5.76. The summed E-state index contributed by atoms with van der Waals surface area (Å²) in [7, 11) is 0. The Balaban J connectivity index is 3.33. The molecule has 0 aliphatic rings. The highest BCUT2D eigenvalue weighted by Crippen LogP contribution is 2.19. The zero-order chi connectivity index (χ0) is 55.0. The Hall–Kier alpha value is -1.66. The van der Waals surface area contributed by atoms with Gasteiger partial charge in [-0.2, -0.15) is 0 Å². The molecule has 6 nitrogen and oxygen atoms in total. The number of unbranched alkanes of at least 4 members (excludes halogenated alkanes) is 50. The van der Waals surface area contributed by atoms with Crippen LogP contribution in [0.25, 0.3) is 0 Å². The predicted octanol–water partition coefficient (Wildman–Crippen LogP) is 22.1. The highest BCUT2D eigenvalue weighted by atomic mass is 16.5. The smallest absolute Gasteiger partial charge is 0.305 e. The number of allylic oxidation sites excluding steroid dienone is 4. The van der Waals surface area contributed by atoms with Crippen molar-refractivity contribution in [2.45, 2.75) is 398 Å². The molecule has 0 aromatic heterocycles. The third-order valence-corrected chi connectivity index (χ3v) is 16.3. The minimum absolute atomic E-state index is 0.0201.